The molecule has 3 nitrogen and oxygen atoms in total. The molecule has 0 unspecified atom stereocenters. The molecule has 3 aromatic rings. The van der Waals surface area contributed by atoms with E-state index >= 15 is 0 Å². The molecule has 2 aromatic carbocycles. The van der Waals surface area contributed by atoms with E-state index in [0.717, 1.165) is 10.9 Å². The van der Waals surface area contributed by atoms with Gasteiger partial charge in [-0.05, 0) is 41.3 Å². The lowest BCUT2D eigenvalue weighted by Gasteiger charge is -2.04. The van der Waals surface area contributed by atoms with E-state index < -0.39 is 5.56 Å². The van der Waals surface area contributed by atoms with Crippen molar-refractivity contribution < 1.29 is 4.79 Å². The molecular weight excluding hydrogens is 321 g/mol. The smallest absolute Gasteiger partial charge is 0.259 e. The van der Waals surface area contributed by atoms with Crippen LogP contribution in [0.4, 0.5) is 0 Å². The summed E-state index contributed by atoms with van der Waals surface area (Å²) in [4.78, 5) is 27.1. The van der Waals surface area contributed by atoms with Crippen LogP contribution >= 0.6 is 23.2 Å². The number of aromatic amines is 1. The Kier molecular flexibility index (Phi) is 4.01. The van der Waals surface area contributed by atoms with Crippen molar-refractivity contribution in [1.82, 2.24) is 4.98 Å². The van der Waals surface area contributed by atoms with Crippen LogP contribution in [0.3, 0.4) is 0 Å². The van der Waals surface area contributed by atoms with E-state index in [1.54, 1.807) is 48.5 Å². The first kappa shape index (κ1) is 14.8. The van der Waals surface area contributed by atoms with Crippen LogP contribution in [0, 0.1) is 0 Å². The lowest BCUT2D eigenvalue weighted by molar-refractivity contribution is 0.0991. The number of aromatic nitrogens is 1. The number of carbonyl (C=O) groups excluding carboxylic acids is 1. The van der Waals surface area contributed by atoms with Crippen LogP contribution in [0.2, 0.25) is 10.0 Å². The maximum Gasteiger partial charge on any atom is 0.259 e. The van der Waals surface area contributed by atoms with Gasteiger partial charge in [-0.15, -0.1) is 0 Å². The average molecular weight is 332 g/mol. The van der Waals surface area contributed by atoms with Crippen molar-refractivity contribution in [2.24, 2.45) is 0 Å². The molecule has 22 heavy (non-hydrogen) atoms. The fourth-order valence-corrected chi connectivity index (χ4v) is 2.56. The van der Waals surface area contributed by atoms with Gasteiger partial charge in [0.25, 0.3) is 5.56 Å². The molecule has 3 rings (SSSR count). The van der Waals surface area contributed by atoms with Gasteiger partial charge in [0.05, 0.1) is 5.56 Å². The van der Waals surface area contributed by atoms with Gasteiger partial charge in [-0.1, -0.05) is 41.4 Å². The lowest BCUT2D eigenvalue weighted by Crippen LogP contribution is -2.19. The maximum absolute atomic E-state index is 12.4. The predicted molar refractivity (Wildman–Crippen MR) is 89.1 cm³/mol. The minimum Gasteiger partial charge on any atom is -0.321 e. The molecule has 0 radical (unpaired) electrons. The number of Topliss-reactive ketones (excluding diaryl/α,β-unsaturated/α-hetero) is 1. The van der Waals surface area contributed by atoms with Crippen molar-refractivity contribution in [2.75, 3.05) is 0 Å². The van der Waals surface area contributed by atoms with Crippen LogP contribution < -0.4 is 5.56 Å². The van der Waals surface area contributed by atoms with Gasteiger partial charge in [0.15, 0.2) is 5.78 Å². The number of rotatable bonds is 3. The minimum absolute atomic E-state index is 0.143. The van der Waals surface area contributed by atoms with Crippen LogP contribution in [0.15, 0.2) is 53.3 Å². The Morgan fingerprint density at radius 1 is 0.955 bits per heavy atom. The molecule has 0 spiro atoms. The van der Waals surface area contributed by atoms with Crippen molar-refractivity contribution in [2.45, 2.75) is 6.42 Å². The second-order valence-corrected chi connectivity index (χ2v) is 5.84. The third kappa shape index (κ3) is 3.06. The Labute approximate surface area is 136 Å². The summed E-state index contributed by atoms with van der Waals surface area (Å²) < 4.78 is 0. The van der Waals surface area contributed by atoms with Gasteiger partial charge in [0.1, 0.15) is 0 Å². The second-order valence-electron chi connectivity index (χ2n) is 4.97. The normalized spacial score (nSPS) is 10.8. The molecule has 5 heteroatoms. The Balaban J connectivity index is 1.96. The molecule has 0 saturated heterocycles. The Morgan fingerprint density at radius 3 is 2.36 bits per heavy atom. The summed E-state index contributed by atoms with van der Waals surface area (Å²) in [6.07, 6.45) is 0.152. The Morgan fingerprint density at radius 2 is 1.64 bits per heavy atom. The Hall–Kier alpha value is -2.10. The van der Waals surface area contributed by atoms with Crippen molar-refractivity contribution >= 4 is 39.9 Å². The third-order valence-electron chi connectivity index (χ3n) is 3.39. The number of hydrogen-bond donors (Lipinski definition) is 1. The number of H-pyrrole nitrogens is 1. The van der Waals surface area contributed by atoms with E-state index in [1.165, 1.54) is 0 Å². The molecule has 0 aliphatic rings. The zero-order chi connectivity index (χ0) is 15.7. The molecule has 0 saturated carbocycles. The summed E-state index contributed by atoms with van der Waals surface area (Å²) in [5, 5.41) is 1.91. The summed E-state index contributed by atoms with van der Waals surface area (Å²) in [6.45, 7) is 0. The van der Waals surface area contributed by atoms with Crippen LogP contribution in [0.1, 0.15) is 15.9 Å². The highest BCUT2D eigenvalue weighted by molar-refractivity contribution is 6.31. The highest BCUT2D eigenvalue weighted by Gasteiger charge is 2.13. The largest absolute Gasteiger partial charge is 0.321 e. The van der Waals surface area contributed by atoms with Gasteiger partial charge in [-0.3, -0.25) is 9.59 Å². The van der Waals surface area contributed by atoms with E-state index in [9.17, 15) is 9.59 Å². The van der Waals surface area contributed by atoms with Crippen molar-refractivity contribution in [3.8, 4) is 0 Å². The van der Waals surface area contributed by atoms with Gasteiger partial charge >= 0.3 is 0 Å². The highest BCUT2D eigenvalue weighted by Crippen LogP contribution is 2.18. The molecule has 110 valence electrons. The highest BCUT2D eigenvalue weighted by atomic mass is 35.5. The zero-order valence-corrected chi connectivity index (χ0v) is 12.9. The van der Waals surface area contributed by atoms with Gasteiger partial charge in [0.2, 0.25) is 0 Å². The molecule has 0 aliphatic heterocycles. The van der Waals surface area contributed by atoms with Crippen LogP contribution in [0.5, 0.6) is 0 Å². The van der Waals surface area contributed by atoms with Gasteiger partial charge in [-0.25, -0.2) is 0 Å². The van der Waals surface area contributed by atoms with E-state index in [1.807, 2.05) is 0 Å². The van der Waals surface area contributed by atoms with Crippen LogP contribution in [0.25, 0.3) is 10.9 Å². The molecular formula is C17H11Cl2NO2. The number of hydrogen-bond acceptors (Lipinski definition) is 2. The predicted octanol–water partition coefficient (Wildman–Crippen LogP) is 4.26. The first-order chi connectivity index (χ1) is 10.5. The molecule has 0 aliphatic carbocycles. The number of benzene rings is 2. The van der Waals surface area contributed by atoms with Crippen molar-refractivity contribution in [1.29, 1.82) is 0 Å². The first-order valence-electron chi connectivity index (χ1n) is 6.63. The number of carbonyl (C=O) groups is 1. The summed E-state index contributed by atoms with van der Waals surface area (Å²) in [5.74, 6) is -0.236. The molecule has 0 bridgehead atoms. The van der Waals surface area contributed by atoms with E-state index in [0.29, 0.717) is 15.6 Å². The molecule has 0 amide bonds. The van der Waals surface area contributed by atoms with Gasteiger partial charge < -0.3 is 4.98 Å². The van der Waals surface area contributed by atoms with E-state index in [4.69, 9.17) is 23.2 Å². The SMILES string of the molecule is O=C(Cc1ccc(Cl)cc1)c1cc2ccc(Cl)cc2[nH]c1=O. The van der Waals surface area contributed by atoms with Crippen molar-refractivity contribution in [3.63, 3.8) is 0 Å². The third-order valence-corrected chi connectivity index (χ3v) is 3.87. The van der Waals surface area contributed by atoms with Crippen LogP contribution in [-0.2, 0) is 6.42 Å². The summed E-state index contributed by atoms with van der Waals surface area (Å²) in [6, 6.07) is 13.7. The quantitative estimate of drug-likeness (QED) is 0.729. The Bertz CT molecular complexity index is 914. The number of pyridine rings is 1. The monoisotopic (exact) mass is 331 g/mol. The van der Waals surface area contributed by atoms with E-state index in [2.05, 4.69) is 4.98 Å². The molecule has 0 atom stereocenters. The molecule has 0 fully saturated rings. The average Bonchev–Trinajstić information content (AvgIpc) is 2.48. The zero-order valence-electron chi connectivity index (χ0n) is 11.4. The topological polar surface area (TPSA) is 49.9 Å². The maximum atomic E-state index is 12.4. The number of halogens is 2. The van der Waals surface area contributed by atoms with Gasteiger partial charge in [-0.2, -0.15) is 0 Å². The fraction of sp³-hybridized carbons (Fsp3) is 0.0588. The molecule has 1 aromatic heterocycles. The molecule has 1 N–H and O–H groups in total. The summed E-state index contributed by atoms with van der Waals surface area (Å²) in [5.41, 5.74) is 1.16. The summed E-state index contributed by atoms with van der Waals surface area (Å²) in [7, 11) is 0. The standard InChI is InChI=1S/C17H11Cl2NO2/c18-12-4-1-10(2-5-12)7-16(21)14-8-11-3-6-13(19)9-15(11)20-17(14)22/h1-6,8-9H,7H2,(H,20,22). The number of fused-ring (bicyclic) bond motifs is 1. The van der Waals surface area contributed by atoms with E-state index in [-0.39, 0.29) is 17.8 Å². The van der Waals surface area contributed by atoms with Gasteiger partial charge in [0, 0.05) is 22.0 Å². The fourth-order valence-electron chi connectivity index (χ4n) is 2.26. The number of nitrogens with one attached hydrogen (secondary N) is 1. The van der Waals surface area contributed by atoms with Crippen molar-refractivity contribution in [3.05, 3.63) is 80.1 Å². The summed E-state index contributed by atoms with van der Waals surface area (Å²) >= 11 is 11.7. The second kappa shape index (κ2) is 5.95. The lowest BCUT2D eigenvalue weighted by atomic mass is 10.0. The first-order valence-corrected chi connectivity index (χ1v) is 7.39. The van der Waals surface area contributed by atoms with Crippen LogP contribution in [-0.4, -0.2) is 10.8 Å². The number of ketones is 1. The molecule has 1 heterocycles. The minimum atomic E-state index is -0.409.